The molecule has 1 aromatic heterocycles. The molecule has 0 bridgehead atoms. The third-order valence-corrected chi connectivity index (χ3v) is 4.54. The summed E-state index contributed by atoms with van der Waals surface area (Å²) in [5, 5.41) is 10.3. The molecule has 0 saturated carbocycles. The van der Waals surface area contributed by atoms with E-state index < -0.39 is 0 Å². The molecule has 0 unspecified atom stereocenters. The number of carbonyl (C=O) groups excluding carboxylic acids is 1. The minimum atomic E-state index is -0.290. The Morgan fingerprint density at radius 2 is 1.78 bits per heavy atom. The van der Waals surface area contributed by atoms with Crippen LogP contribution in [0.2, 0.25) is 0 Å². The van der Waals surface area contributed by atoms with Crippen molar-refractivity contribution in [3.63, 3.8) is 0 Å². The third kappa shape index (κ3) is 4.80. The van der Waals surface area contributed by atoms with Crippen molar-refractivity contribution < 1.29 is 4.79 Å². The van der Waals surface area contributed by atoms with Gasteiger partial charge in [0.05, 0.1) is 5.39 Å². The molecule has 0 aliphatic carbocycles. The first kappa shape index (κ1) is 18.8. The first-order valence-corrected chi connectivity index (χ1v) is 9.21. The molecule has 6 nitrogen and oxygen atoms in total. The maximum absolute atomic E-state index is 12.5. The SMILES string of the molecule is CCN(CCCNC(=O)c1n[nH]c(=O)c2ccccc12)Cc1ccccc1. The van der Waals surface area contributed by atoms with Crippen LogP contribution < -0.4 is 10.9 Å². The first-order valence-electron chi connectivity index (χ1n) is 9.21. The lowest BCUT2D eigenvalue weighted by molar-refractivity contribution is 0.0947. The maximum atomic E-state index is 12.5. The molecule has 27 heavy (non-hydrogen) atoms. The second-order valence-electron chi connectivity index (χ2n) is 6.41. The van der Waals surface area contributed by atoms with Gasteiger partial charge in [-0.1, -0.05) is 55.5 Å². The Balaban J connectivity index is 1.54. The molecule has 2 N–H and O–H groups in total. The molecule has 2 aromatic carbocycles. The molecule has 140 valence electrons. The summed E-state index contributed by atoms with van der Waals surface area (Å²) < 4.78 is 0. The zero-order chi connectivity index (χ0) is 19.1. The lowest BCUT2D eigenvalue weighted by Crippen LogP contribution is -2.31. The van der Waals surface area contributed by atoms with Crippen molar-refractivity contribution in [1.29, 1.82) is 0 Å². The maximum Gasteiger partial charge on any atom is 0.272 e. The summed E-state index contributed by atoms with van der Waals surface area (Å²) in [5.41, 5.74) is 1.25. The topological polar surface area (TPSA) is 78.1 Å². The molecule has 0 aliphatic heterocycles. The van der Waals surface area contributed by atoms with Crippen LogP contribution in [0.3, 0.4) is 0 Å². The number of fused-ring (bicyclic) bond motifs is 1. The van der Waals surface area contributed by atoms with Crippen LogP contribution in [0.5, 0.6) is 0 Å². The number of nitrogens with zero attached hydrogens (tertiary/aromatic N) is 2. The Labute approximate surface area is 158 Å². The number of hydrogen-bond acceptors (Lipinski definition) is 4. The number of carbonyl (C=O) groups is 1. The van der Waals surface area contributed by atoms with Crippen LogP contribution in [0, 0.1) is 0 Å². The van der Waals surface area contributed by atoms with Crippen LogP contribution in [0.1, 0.15) is 29.4 Å². The molecule has 1 heterocycles. The van der Waals surface area contributed by atoms with Gasteiger partial charge in [0.25, 0.3) is 11.5 Å². The lowest BCUT2D eigenvalue weighted by atomic mass is 10.1. The predicted molar refractivity (Wildman–Crippen MR) is 107 cm³/mol. The van der Waals surface area contributed by atoms with Crippen LogP contribution in [-0.4, -0.2) is 40.6 Å². The average Bonchev–Trinajstić information content (AvgIpc) is 2.71. The molecule has 0 fully saturated rings. The zero-order valence-electron chi connectivity index (χ0n) is 15.4. The van der Waals surface area contributed by atoms with E-state index in [1.807, 2.05) is 18.2 Å². The van der Waals surface area contributed by atoms with Crippen LogP contribution in [0.4, 0.5) is 0 Å². The molecule has 0 atom stereocenters. The molecular weight excluding hydrogens is 340 g/mol. The first-order chi connectivity index (χ1) is 13.2. The fourth-order valence-electron chi connectivity index (χ4n) is 3.07. The Kier molecular flexibility index (Phi) is 6.33. The van der Waals surface area contributed by atoms with E-state index in [0.717, 1.165) is 26.1 Å². The molecule has 1 amide bonds. The summed E-state index contributed by atoms with van der Waals surface area (Å²) in [7, 11) is 0. The molecule has 3 rings (SSSR count). The fourth-order valence-corrected chi connectivity index (χ4v) is 3.07. The van der Waals surface area contributed by atoms with Gasteiger partial charge in [0.15, 0.2) is 5.69 Å². The average molecular weight is 364 g/mol. The van der Waals surface area contributed by atoms with Crippen molar-refractivity contribution in [2.24, 2.45) is 0 Å². The molecule has 0 spiro atoms. The Morgan fingerprint density at radius 3 is 2.52 bits per heavy atom. The number of H-pyrrole nitrogens is 1. The smallest absolute Gasteiger partial charge is 0.272 e. The second kappa shape index (κ2) is 9.09. The van der Waals surface area contributed by atoms with E-state index in [0.29, 0.717) is 17.3 Å². The largest absolute Gasteiger partial charge is 0.351 e. The lowest BCUT2D eigenvalue weighted by Gasteiger charge is -2.20. The van der Waals surface area contributed by atoms with Crippen molar-refractivity contribution in [2.75, 3.05) is 19.6 Å². The van der Waals surface area contributed by atoms with Gasteiger partial charge in [0.1, 0.15) is 0 Å². The second-order valence-corrected chi connectivity index (χ2v) is 6.41. The van der Waals surface area contributed by atoms with Gasteiger partial charge in [-0.25, -0.2) is 5.10 Å². The number of aromatic amines is 1. The quantitative estimate of drug-likeness (QED) is 0.602. The highest BCUT2D eigenvalue weighted by molar-refractivity contribution is 6.04. The van der Waals surface area contributed by atoms with Crippen molar-refractivity contribution in [2.45, 2.75) is 19.9 Å². The summed E-state index contributed by atoms with van der Waals surface area (Å²) in [6, 6.07) is 17.4. The summed E-state index contributed by atoms with van der Waals surface area (Å²) in [6.07, 6.45) is 0.841. The van der Waals surface area contributed by atoms with E-state index in [-0.39, 0.29) is 17.2 Å². The fraction of sp³-hybridized carbons (Fsp3) is 0.286. The van der Waals surface area contributed by atoms with Gasteiger partial charge >= 0.3 is 0 Å². The van der Waals surface area contributed by atoms with Crippen LogP contribution in [0.25, 0.3) is 10.8 Å². The van der Waals surface area contributed by atoms with Gasteiger partial charge in [-0.3, -0.25) is 14.5 Å². The number of nitrogens with one attached hydrogen (secondary N) is 2. The molecular formula is C21H24N4O2. The van der Waals surface area contributed by atoms with Crippen LogP contribution in [0.15, 0.2) is 59.4 Å². The Bertz CT molecular complexity index is 953. The van der Waals surface area contributed by atoms with Gasteiger partial charge in [0.2, 0.25) is 0 Å². The van der Waals surface area contributed by atoms with Crippen molar-refractivity contribution in [1.82, 2.24) is 20.4 Å². The standard InChI is InChI=1S/C21H24N4O2/c1-2-25(15-16-9-4-3-5-10-16)14-8-13-22-21(27)19-17-11-6-7-12-18(17)20(26)24-23-19/h3-7,9-12H,2,8,13-15H2,1H3,(H,22,27)(H,24,26). The van der Waals surface area contributed by atoms with Crippen molar-refractivity contribution in [3.05, 3.63) is 76.2 Å². The molecule has 6 heteroatoms. The van der Waals surface area contributed by atoms with Gasteiger partial charge in [0, 0.05) is 25.0 Å². The van der Waals surface area contributed by atoms with E-state index in [4.69, 9.17) is 0 Å². The minimum Gasteiger partial charge on any atom is -0.351 e. The van der Waals surface area contributed by atoms with E-state index in [1.54, 1.807) is 24.3 Å². The number of rotatable bonds is 8. The monoisotopic (exact) mass is 364 g/mol. The van der Waals surface area contributed by atoms with Crippen LogP contribution in [-0.2, 0) is 6.54 Å². The van der Waals surface area contributed by atoms with Gasteiger partial charge < -0.3 is 5.32 Å². The zero-order valence-corrected chi connectivity index (χ0v) is 15.4. The molecule has 0 radical (unpaired) electrons. The highest BCUT2D eigenvalue weighted by Crippen LogP contribution is 2.12. The molecule has 0 saturated heterocycles. The normalized spacial score (nSPS) is 11.0. The Morgan fingerprint density at radius 1 is 1.07 bits per heavy atom. The van der Waals surface area contributed by atoms with E-state index in [9.17, 15) is 9.59 Å². The van der Waals surface area contributed by atoms with Gasteiger partial charge in [-0.15, -0.1) is 0 Å². The van der Waals surface area contributed by atoms with Crippen molar-refractivity contribution in [3.8, 4) is 0 Å². The van der Waals surface area contributed by atoms with Crippen LogP contribution >= 0.6 is 0 Å². The number of aromatic nitrogens is 2. The number of benzene rings is 2. The summed E-state index contributed by atoms with van der Waals surface area (Å²) in [6.45, 7) is 5.44. The van der Waals surface area contributed by atoms with E-state index in [2.05, 4.69) is 39.5 Å². The molecule has 3 aromatic rings. The predicted octanol–water partition coefficient (Wildman–Crippen LogP) is 2.57. The third-order valence-electron chi connectivity index (χ3n) is 4.54. The van der Waals surface area contributed by atoms with E-state index in [1.165, 1.54) is 5.56 Å². The number of hydrogen-bond donors (Lipinski definition) is 2. The summed E-state index contributed by atoms with van der Waals surface area (Å²) in [5.74, 6) is -0.270. The minimum absolute atomic E-state index is 0.252. The summed E-state index contributed by atoms with van der Waals surface area (Å²) in [4.78, 5) is 26.6. The van der Waals surface area contributed by atoms with Gasteiger partial charge in [-0.05, 0) is 24.6 Å². The molecule has 0 aliphatic rings. The van der Waals surface area contributed by atoms with Crippen molar-refractivity contribution >= 4 is 16.7 Å². The highest BCUT2D eigenvalue weighted by Gasteiger charge is 2.13. The summed E-state index contributed by atoms with van der Waals surface area (Å²) >= 11 is 0. The van der Waals surface area contributed by atoms with Gasteiger partial charge in [-0.2, -0.15) is 5.10 Å². The highest BCUT2D eigenvalue weighted by atomic mass is 16.2. The Hall–Kier alpha value is -2.99. The number of amides is 1. The van der Waals surface area contributed by atoms with E-state index >= 15 is 0 Å².